The average Bonchev–Trinajstić information content (AvgIpc) is 3.05. The molecule has 2 N–H and O–H groups in total. The van der Waals surface area contributed by atoms with Gasteiger partial charge in [-0.15, -0.1) is 0 Å². The zero-order chi connectivity index (χ0) is 17.9. The number of likely N-dealkylation sites (tertiary alicyclic amines) is 1. The first kappa shape index (κ1) is 17.1. The van der Waals surface area contributed by atoms with E-state index in [1.807, 2.05) is 24.3 Å². The Kier molecular flexibility index (Phi) is 4.90. The van der Waals surface area contributed by atoms with Gasteiger partial charge in [-0.05, 0) is 37.6 Å². The van der Waals surface area contributed by atoms with Crippen molar-refractivity contribution in [1.29, 1.82) is 0 Å². The molecule has 4 rings (SSSR count). The van der Waals surface area contributed by atoms with Crippen molar-refractivity contribution in [1.82, 2.24) is 24.5 Å². The van der Waals surface area contributed by atoms with Crippen LogP contribution in [0.3, 0.4) is 0 Å². The van der Waals surface area contributed by atoms with Crippen molar-refractivity contribution in [3.63, 3.8) is 0 Å². The first-order chi connectivity index (χ1) is 12.7. The molecule has 2 aromatic heterocycles. The highest BCUT2D eigenvalue weighted by molar-refractivity contribution is 6.31. The topological polar surface area (TPSA) is 78.3 Å². The molecule has 1 aliphatic rings. The molecular formula is C18H21ClN6O. The number of piperidine rings is 1. The summed E-state index contributed by atoms with van der Waals surface area (Å²) in [5.41, 5.74) is 1.57. The molecule has 3 aromatic rings. The molecular weight excluding hydrogens is 352 g/mol. The standard InChI is InChI=1S/C18H21ClN6O/c19-15-7-3-2-6-13(15)11-20-17-22-18-21-14(10-16(26)25(18)23-17)12-24-8-4-1-5-9-24/h2-3,6-7,10H,1,4-5,8-9,11-12H2,(H2,20,21,22,23). The summed E-state index contributed by atoms with van der Waals surface area (Å²) < 4.78 is 1.36. The average molecular weight is 373 g/mol. The Morgan fingerprint density at radius 1 is 1.15 bits per heavy atom. The molecule has 0 amide bonds. The van der Waals surface area contributed by atoms with Gasteiger partial charge in [0.25, 0.3) is 11.3 Å². The number of rotatable bonds is 5. The predicted molar refractivity (Wildman–Crippen MR) is 102 cm³/mol. The highest BCUT2D eigenvalue weighted by Gasteiger charge is 2.14. The Hall–Kier alpha value is -2.38. The Balaban J connectivity index is 1.52. The van der Waals surface area contributed by atoms with E-state index in [-0.39, 0.29) is 5.56 Å². The second-order valence-electron chi connectivity index (χ2n) is 6.58. The van der Waals surface area contributed by atoms with Crippen LogP contribution in [0.15, 0.2) is 35.1 Å². The number of hydrogen-bond acceptors (Lipinski definition) is 5. The number of aromatic amines is 1. The molecule has 0 unspecified atom stereocenters. The van der Waals surface area contributed by atoms with Crippen molar-refractivity contribution in [3.05, 3.63) is 57.0 Å². The fourth-order valence-corrected chi connectivity index (χ4v) is 3.46. The number of aromatic nitrogens is 4. The van der Waals surface area contributed by atoms with Crippen LogP contribution in [0.25, 0.3) is 5.78 Å². The first-order valence-electron chi connectivity index (χ1n) is 8.87. The van der Waals surface area contributed by atoms with Gasteiger partial charge < -0.3 is 5.32 Å². The maximum absolute atomic E-state index is 12.4. The van der Waals surface area contributed by atoms with Crippen LogP contribution in [0.1, 0.15) is 30.5 Å². The van der Waals surface area contributed by atoms with Gasteiger partial charge in [0.2, 0.25) is 5.95 Å². The first-order valence-corrected chi connectivity index (χ1v) is 9.25. The molecule has 1 saturated heterocycles. The van der Waals surface area contributed by atoms with Gasteiger partial charge in [0.05, 0.1) is 5.69 Å². The summed E-state index contributed by atoms with van der Waals surface area (Å²) in [5, 5.41) is 6.80. The van der Waals surface area contributed by atoms with Gasteiger partial charge in [0, 0.05) is 24.2 Å². The number of anilines is 1. The SMILES string of the molecule is O=c1cc(CN2CCCCC2)nc2nc(NCc3ccccc3Cl)[nH]n12. The maximum Gasteiger partial charge on any atom is 0.274 e. The van der Waals surface area contributed by atoms with Crippen LogP contribution < -0.4 is 10.9 Å². The molecule has 3 heterocycles. The van der Waals surface area contributed by atoms with Crippen LogP contribution in [-0.2, 0) is 13.1 Å². The molecule has 0 saturated carbocycles. The van der Waals surface area contributed by atoms with Crippen LogP contribution in [0.4, 0.5) is 5.95 Å². The largest absolute Gasteiger partial charge is 0.350 e. The van der Waals surface area contributed by atoms with Gasteiger partial charge in [0.15, 0.2) is 0 Å². The van der Waals surface area contributed by atoms with Gasteiger partial charge in [-0.3, -0.25) is 14.8 Å². The highest BCUT2D eigenvalue weighted by atomic mass is 35.5. The van der Waals surface area contributed by atoms with Crippen molar-refractivity contribution >= 4 is 23.3 Å². The number of nitrogens with one attached hydrogen (secondary N) is 2. The number of hydrogen-bond donors (Lipinski definition) is 2. The second-order valence-corrected chi connectivity index (χ2v) is 6.98. The molecule has 26 heavy (non-hydrogen) atoms. The normalized spacial score (nSPS) is 15.4. The fraction of sp³-hybridized carbons (Fsp3) is 0.389. The quantitative estimate of drug-likeness (QED) is 0.720. The van der Waals surface area contributed by atoms with Crippen LogP contribution in [0.5, 0.6) is 0 Å². The monoisotopic (exact) mass is 372 g/mol. The lowest BCUT2D eigenvalue weighted by atomic mass is 10.1. The lowest BCUT2D eigenvalue weighted by Crippen LogP contribution is -2.30. The third kappa shape index (κ3) is 3.73. The molecule has 0 aliphatic carbocycles. The molecule has 1 aliphatic heterocycles. The Morgan fingerprint density at radius 2 is 1.96 bits per heavy atom. The number of halogens is 1. The maximum atomic E-state index is 12.4. The van der Waals surface area contributed by atoms with Gasteiger partial charge in [0.1, 0.15) is 0 Å². The van der Waals surface area contributed by atoms with Crippen LogP contribution in [-0.4, -0.2) is 37.6 Å². The van der Waals surface area contributed by atoms with E-state index < -0.39 is 0 Å². The van der Waals surface area contributed by atoms with Crippen molar-refractivity contribution in [2.45, 2.75) is 32.4 Å². The van der Waals surface area contributed by atoms with E-state index in [1.54, 1.807) is 6.07 Å². The summed E-state index contributed by atoms with van der Waals surface area (Å²) in [4.78, 5) is 23.6. The number of H-pyrrole nitrogens is 1. The van der Waals surface area contributed by atoms with Crippen LogP contribution in [0.2, 0.25) is 5.02 Å². The van der Waals surface area contributed by atoms with E-state index >= 15 is 0 Å². The van der Waals surface area contributed by atoms with Gasteiger partial charge >= 0.3 is 0 Å². The number of nitrogens with zero attached hydrogens (tertiary/aromatic N) is 4. The lowest BCUT2D eigenvalue weighted by Gasteiger charge is -2.25. The Labute approximate surface area is 156 Å². The van der Waals surface area contributed by atoms with Crippen molar-refractivity contribution < 1.29 is 0 Å². The van der Waals surface area contributed by atoms with E-state index in [4.69, 9.17) is 11.6 Å². The van der Waals surface area contributed by atoms with Gasteiger partial charge in [-0.25, -0.2) is 4.98 Å². The Morgan fingerprint density at radius 3 is 2.77 bits per heavy atom. The van der Waals surface area contributed by atoms with Crippen LogP contribution >= 0.6 is 11.6 Å². The Bertz CT molecular complexity index is 960. The second kappa shape index (κ2) is 7.47. The molecule has 0 radical (unpaired) electrons. The number of fused-ring (bicyclic) bond motifs is 1. The van der Waals surface area contributed by atoms with Crippen molar-refractivity contribution in [2.75, 3.05) is 18.4 Å². The number of benzene rings is 1. The third-order valence-electron chi connectivity index (χ3n) is 4.62. The molecule has 136 valence electrons. The molecule has 8 heteroatoms. The summed E-state index contributed by atoms with van der Waals surface area (Å²) in [6, 6.07) is 9.19. The zero-order valence-electron chi connectivity index (χ0n) is 14.4. The minimum absolute atomic E-state index is 0.152. The van der Waals surface area contributed by atoms with E-state index in [0.29, 0.717) is 29.8 Å². The molecule has 7 nitrogen and oxygen atoms in total. The molecule has 0 bridgehead atoms. The van der Waals surface area contributed by atoms with E-state index in [0.717, 1.165) is 24.3 Å². The van der Waals surface area contributed by atoms with Crippen molar-refractivity contribution in [2.24, 2.45) is 0 Å². The minimum Gasteiger partial charge on any atom is -0.350 e. The molecule has 1 aromatic carbocycles. The smallest absolute Gasteiger partial charge is 0.274 e. The zero-order valence-corrected chi connectivity index (χ0v) is 15.2. The summed E-state index contributed by atoms with van der Waals surface area (Å²) in [7, 11) is 0. The summed E-state index contributed by atoms with van der Waals surface area (Å²) >= 11 is 6.16. The molecule has 0 spiro atoms. The summed E-state index contributed by atoms with van der Waals surface area (Å²) in [6.07, 6.45) is 3.70. The molecule has 1 fully saturated rings. The van der Waals surface area contributed by atoms with E-state index in [1.165, 1.54) is 23.8 Å². The van der Waals surface area contributed by atoms with Crippen LogP contribution in [0, 0.1) is 0 Å². The highest BCUT2D eigenvalue weighted by Crippen LogP contribution is 2.16. The fourth-order valence-electron chi connectivity index (χ4n) is 3.25. The molecule has 0 atom stereocenters. The van der Waals surface area contributed by atoms with Gasteiger partial charge in [-0.2, -0.15) is 9.50 Å². The third-order valence-corrected chi connectivity index (χ3v) is 4.99. The van der Waals surface area contributed by atoms with Crippen molar-refractivity contribution in [3.8, 4) is 0 Å². The van der Waals surface area contributed by atoms with Gasteiger partial charge in [-0.1, -0.05) is 36.2 Å². The van der Waals surface area contributed by atoms with E-state index in [2.05, 4.69) is 25.3 Å². The van der Waals surface area contributed by atoms with E-state index in [9.17, 15) is 4.79 Å². The lowest BCUT2D eigenvalue weighted by molar-refractivity contribution is 0.218. The predicted octanol–water partition coefficient (Wildman–Crippen LogP) is 2.67. The summed E-state index contributed by atoms with van der Waals surface area (Å²) in [5.74, 6) is 0.871. The summed E-state index contributed by atoms with van der Waals surface area (Å²) in [6.45, 7) is 3.33. The minimum atomic E-state index is -0.152.